The lowest BCUT2D eigenvalue weighted by Gasteiger charge is -2.19. The molecule has 0 aromatic heterocycles. The number of alkyl halides is 4. The molecule has 1 unspecified atom stereocenters. The van der Waals surface area contributed by atoms with Crippen LogP contribution in [0.5, 0.6) is 0 Å². The molecular weight excluding hydrogens is 260 g/mol. The molecule has 0 rings (SSSR count). The fourth-order valence-corrected chi connectivity index (χ4v) is 0.765. The van der Waals surface area contributed by atoms with Crippen LogP contribution in [0.15, 0.2) is 12.2 Å². The van der Waals surface area contributed by atoms with Crippen molar-refractivity contribution < 1.29 is 36.9 Å². The molecule has 0 aromatic rings. The Kier molecular flexibility index (Phi) is 6.85. The molecule has 0 amide bonds. The fraction of sp³-hybridized carbons (Fsp3) is 0.700. The highest BCUT2D eigenvalue weighted by molar-refractivity contribution is 5.87. The maximum atomic E-state index is 12.4. The molecule has 0 fully saturated rings. The number of carbonyl (C=O) groups excluding carboxylic acids is 1. The molecule has 0 aromatic carbocycles. The molecule has 0 saturated heterocycles. The van der Waals surface area contributed by atoms with E-state index in [9.17, 15) is 22.4 Å². The van der Waals surface area contributed by atoms with E-state index in [0.29, 0.717) is 0 Å². The van der Waals surface area contributed by atoms with Crippen LogP contribution in [0.1, 0.15) is 6.92 Å². The normalized spacial score (nSPS) is 13.5. The fourth-order valence-electron chi connectivity index (χ4n) is 0.765. The number of aliphatic hydroxyl groups is 1. The summed E-state index contributed by atoms with van der Waals surface area (Å²) in [7, 11) is 0. The van der Waals surface area contributed by atoms with Crippen molar-refractivity contribution in [3.05, 3.63) is 12.2 Å². The van der Waals surface area contributed by atoms with Gasteiger partial charge in [-0.15, -0.1) is 0 Å². The van der Waals surface area contributed by atoms with Gasteiger partial charge in [0.2, 0.25) is 0 Å². The van der Waals surface area contributed by atoms with E-state index in [2.05, 4.69) is 16.1 Å². The van der Waals surface area contributed by atoms with Gasteiger partial charge in [-0.2, -0.15) is 8.78 Å². The Labute approximate surface area is 101 Å². The second kappa shape index (κ2) is 7.32. The largest absolute Gasteiger partial charge is 0.454 e. The summed E-state index contributed by atoms with van der Waals surface area (Å²) in [5.74, 6) is -5.11. The third-order valence-corrected chi connectivity index (χ3v) is 1.74. The lowest BCUT2D eigenvalue weighted by atomic mass is 10.3. The van der Waals surface area contributed by atoms with Crippen molar-refractivity contribution in [2.24, 2.45) is 0 Å². The van der Waals surface area contributed by atoms with E-state index in [1.165, 1.54) is 6.92 Å². The Bertz CT molecular complexity index is 294. The Morgan fingerprint density at radius 1 is 1.44 bits per heavy atom. The predicted octanol–water partition coefficient (Wildman–Crippen LogP) is 1.38. The SMILES string of the molecule is C=C(C)C(=O)OC(CO)COCC(F)(F)C(F)F. The Morgan fingerprint density at radius 3 is 2.39 bits per heavy atom. The quantitative estimate of drug-likeness (QED) is 0.413. The first-order chi connectivity index (χ1) is 8.20. The third kappa shape index (κ3) is 5.97. The monoisotopic (exact) mass is 274 g/mol. The zero-order chi connectivity index (χ0) is 14.3. The summed E-state index contributed by atoms with van der Waals surface area (Å²) in [6.07, 6.45) is -5.05. The predicted molar refractivity (Wildman–Crippen MR) is 53.5 cm³/mol. The van der Waals surface area contributed by atoms with Crippen LogP contribution >= 0.6 is 0 Å². The lowest BCUT2D eigenvalue weighted by molar-refractivity contribution is -0.177. The number of halogens is 4. The summed E-state index contributed by atoms with van der Waals surface area (Å²) in [5, 5.41) is 8.77. The van der Waals surface area contributed by atoms with Gasteiger partial charge >= 0.3 is 18.3 Å². The van der Waals surface area contributed by atoms with Crippen LogP contribution in [-0.2, 0) is 14.3 Å². The summed E-state index contributed by atoms with van der Waals surface area (Å²) in [6, 6.07) is 0. The zero-order valence-electron chi connectivity index (χ0n) is 9.67. The van der Waals surface area contributed by atoms with Gasteiger partial charge in [-0.1, -0.05) is 6.58 Å². The molecule has 1 atom stereocenters. The Hall–Kier alpha value is -1.15. The molecule has 0 radical (unpaired) electrons. The van der Waals surface area contributed by atoms with E-state index in [-0.39, 0.29) is 5.57 Å². The van der Waals surface area contributed by atoms with Gasteiger partial charge in [0.15, 0.2) is 0 Å². The molecule has 4 nitrogen and oxygen atoms in total. The number of ether oxygens (including phenoxy) is 2. The second-order valence-corrected chi connectivity index (χ2v) is 3.57. The van der Waals surface area contributed by atoms with Crippen LogP contribution < -0.4 is 0 Å². The first kappa shape index (κ1) is 16.9. The number of hydrogen-bond acceptors (Lipinski definition) is 4. The lowest BCUT2D eigenvalue weighted by Crippen LogP contribution is -2.35. The summed E-state index contributed by atoms with van der Waals surface area (Å²) in [5.41, 5.74) is 0.0476. The molecular formula is C10H14F4O4. The number of carbonyl (C=O) groups is 1. The van der Waals surface area contributed by atoms with Gasteiger partial charge in [0.05, 0.1) is 13.2 Å². The molecule has 18 heavy (non-hydrogen) atoms. The Balaban J connectivity index is 4.09. The van der Waals surface area contributed by atoms with Crippen molar-refractivity contribution in [3.63, 3.8) is 0 Å². The first-order valence-electron chi connectivity index (χ1n) is 4.91. The van der Waals surface area contributed by atoms with Gasteiger partial charge in [-0.3, -0.25) is 0 Å². The van der Waals surface area contributed by atoms with Crippen molar-refractivity contribution in [3.8, 4) is 0 Å². The number of hydrogen-bond donors (Lipinski definition) is 1. The summed E-state index contributed by atoms with van der Waals surface area (Å²) in [4.78, 5) is 11.0. The third-order valence-electron chi connectivity index (χ3n) is 1.74. The number of rotatable bonds is 8. The minimum atomic E-state index is -4.28. The van der Waals surface area contributed by atoms with E-state index in [1.54, 1.807) is 0 Å². The second-order valence-electron chi connectivity index (χ2n) is 3.57. The van der Waals surface area contributed by atoms with Gasteiger partial charge in [-0.25, -0.2) is 13.6 Å². The van der Waals surface area contributed by atoms with Crippen LogP contribution in [0, 0.1) is 0 Å². The molecule has 1 N–H and O–H groups in total. The Morgan fingerprint density at radius 2 is 2.00 bits per heavy atom. The molecule has 0 aliphatic rings. The van der Waals surface area contributed by atoms with Crippen molar-refractivity contribution in [1.82, 2.24) is 0 Å². The maximum Gasteiger partial charge on any atom is 0.333 e. The van der Waals surface area contributed by atoms with Crippen molar-refractivity contribution in [2.75, 3.05) is 19.8 Å². The minimum Gasteiger partial charge on any atom is -0.454 e. The first-order valence-corrected chi connectivity index (χ1v) is 4.91. The van der Waals surface area contributed by atoms with Gasteiger partial charge in [0, 0.05) is 5.57 Å². The highest BCUT2D eigenvalue weighted by Crippen LogP contribution is 2.22. The van der Waals surface area contributed by atoms with Crippen LogP contribution in [0.2, 0.25) is 0 Å². The van der Waals surface area contributed by atoms with Crippen LogP contribution in [-0.4, -0.2) is 49.3 Å². The van der Waals surface area contributed by atoms with Gasteiger partial charge in [0.1, 0.15) is 12.7 Å². The van der Waals surface area contributed by atoms with Crippen LogP contribution in [0.4, 0.5) is 17.6 Å². The molecule has 0 heterocycles. The average molecular weight is 274 g/mol. The van der Waals surface area contributed by atoms with Crippen LogP contribution in [0.3, 0.4) is 0 Å². The molecule has 8 heteroatoms. The van der Waals surface area contributed by atoms with E-state index in [4.69, 9.17) is 5.11 Å². The molecule has 0 saturated carbocycles. The topological polar surface area (TPSA) is 55.8 Å². The highest BCUT2D eigenvalue weighted by atomic mass is 19.3. The summed E-state index contributed by atoms with van der Waals surface area (Å²) < 4.78 is 57.3. The van der Waals surface area contributed by atoms with Crippen molar-refractivity contribution in [1.29, 1.82) is 0 Å². The highest BCUT2D eigenvalue weighted by Gasteiger charge is 2.41. The molecule has 0 bridgehead atoms. The summed E-state index contributed by atoms with van der Waals surface area (Å²) >= 11 is 0. The summed E-state index contributed by atoms with van der Waals surface area (Å²) in [6.45, 7) is 1.80. The number of esters is 1. The smallest absolute Gasteiger partial charge is 0.333 e. The van der Waals surface area contributed by atoms with Gasteiger partial charge in [0.25, 0.3) is 0 Å². The molecule has 0 aliphatic carbocycles. The zero-order valence-corrected chi connectivity index (χ0v) is 9.67. The van der Waals surface area contributed by atoms with Gasteiger partial charge < -0.3 is 14.6 Å². The molecule has 0 aliphatic heterocycles. The van der Waals surface area contributed by atoms with E-state index in [0.717, 1.165) is 0 Å². The van der Waals surface area contributed by atoms with E-state index >= 15 is 0 Å². The standard InChI is InChI=1S/C10H14F4O4/c1-6(2)8(16)18-7(3-15)4-17-5-10(13,14)9(11)12/h7,9,15H,1,3-5H2,2H3. The van der Waals surface area contributed by atoms with E-state index in [1.807, 2.05) is 0 Å². The maximum absolute atomic E-state index is 12.4. The van der Waals surface area contributed by atoms with E-state index < -0.39 is 44.2 Å². The van der Waals surface area contributed by atoms with Crippen molar-refractivity contribution >= 4 is 5.97 Å². The van der Waals surface area contributed by atoms with Gasteiger partial charge in [-0.05, 0) is 6.92 Å². The van der Waals surface area contributed by atoms with Crippen LogP contribution in [0.25, 0.3) is 0 Å². The molecule has 0 spiro atoms. The molecule has 106 valence electrons. The minimum absolute atomic E-state index is 0.0476. The number of aliphatic hydroxyl groups excluding tert-OH is 1. The average Bonchev–Trinajstić information content (AvgIpc) is 2.26. The van der Waals surface area contributed by atoms with Crippen molar-refractivity contribution in [2.45, 2.75) is 25.4 Å².